The van der Waals surface area contributed by atoms with Gasteiger partial charge in [0, 0.05) is 0 Å². The van der Waals surface area contributed by atoms with Crippen molar-refractivity contribution in [2.24, 2.45) is 5.10 Å². The topological polar surface area (TPSA) is 88.1 Å². The first-order valence-corrected chi connectivity index (χ1v) is 13.9. The molecular formula is C31H31N3O4S. The number of sulfonamides is 1. The highest BCUT2D eigenvalue weighted by Gasteiger charge is 2.28. The van der Waals surface area contributed by atoms with Crippen LogP contribution in [0.1, 0.15) is 27.8 Å². The maximum atomic E-state index is 13.6. The number of benzene rings is 4. The van der Waals surface area contributed by atoms with Crippen molar-refractivity contribution in [3.63, 3.8) is 0 Å². The Morgan fingerprint density at radius 1 is 0.872 bits per heavy atom. The molecule has 4 aromatic rings. The van der Waals surface area contributed by atoms with Gasteiger partial charge in [-0.2, -0.15) is 5.10 Å². The minimum atomic E-state index is -4.00. The predicted molar refractivity (Wildman–Crippen MR) is 155 cm³/mol. The lowest BCUT2D eigenvalue weighted by atomic mass is 10.1. The second-order valence-electron chi connectivity index (χ2n) is 9.25. The first-order valence-electron chi connectivity index (χ1n) is 12.5. The summed E-state index contributed by atoms with van der Waals surface area (Å²) < 4.78 is 34.1. The number of nitrogens with one attached hydrogen (secondary N) is 1. The van der Waals surface area contributed by atoms with Crippen molar-refractivity contribution < 1.29 is 17.9 Å². The number of hydrogen-bond acceptors (Lipinski definition) is 5. The highest BCUT2D eigenvalue weighted by molar-refractivity contribution is 7.92. The normalized spacial score (nSPS) is 11.4. The van der Waals surface area contributed by atoms with Crippen LogP contribution in [0.3, 0.4) is 0 Å². The minimum absolute atomic E-state index is 0.110. The van der Waals surface area contributed by atoms with Gasteiger partial charge in [0.1, 0.15) is 18.9 Å². The molecule has 1 N–H and O–H groups in total. The summed E-state index contributed by atoms with van der Waals surface area (Å²) in [5.41, 5.74) is 7.39. The molecule has 0 aliphatic carbocycles. The number of amides is 1. The number of hydrogen-bond donors (Lipinski definition) is 1. The molecule has 7 nitrogen and oxygen atoms in total. The Hall–Kier alpha value is -4.43. The van der Waals surface area contributed by atoms with Crippen molar-refractivity contribution in [3.8, 4) is 5.75 Å². The highest BCUT2D eigenvalue weighted by Crippen LogP contribution is 2.27. The highest BCUT2D eigenvalue weighted by atomic mass is 32.2. The van der Waals surface area contributed by atoms with E-state index in [4.69, 9.17) is 4.74 Å². The number of carbonyl (C=O) groups excluding carboxylic acids is 1. The standard InChI is InChI=1S/C31H31N3O4S/c1-23-9-16-29(17-10-23)39(36,37)34(30-18-11-24(2)19-25(30)3)21-31(35)33-32-20-26-12-14-28(15-13-26)38-22-27-7-5-4-6-8-27/h4-20H,21-22H2,1-3H3,(H,33,35)/b32-20+. The molecule has 0 saturated heterocycles. The van der Waals surface area contributed by atoms with Crippen molar-refractivity contribution in [3.05, 3.63) is 125 Å². The Balaban J connectivity index is 1.44. The monoisotopic (exact) mass is 541 g/mol. The third-order valence-electron chi connectivity index (χ3n) is 6.05. The number of hydrazone groups is 1. The summed E-state index contributed by atoms with van der Waals surface area (Å²) in [4.78, 5) is 13.0. The molecule has 39 heavy (non-hydrogen) atoms. The molecule has 0 saturated carbocycles. The molecule has 0 radical (unpaired) electrons. The molecule has 0 aromatic heterocycles. The fourth-order valence-corrected chi connectivity index (χ4v) is 5.44. The average molecular weight is 542 g/mol. The van der Waals surface area contributed by atoms with Crippen molar-refractivity contribution in [1.82, 2.24) is 5.43 Å². The SMILES string of the molecule is Cc1ccc(S(=O)(=O)N(CC(=O)N/N=C/c2ccc(OCc3ccccc3)cc2)c2ccc(C)cc2C)cc1. The molecule has 0 spiro atoms. The Kier molecular flexibility index (Phi) is 8.78. The van der Waals surface area contributed by atoms with Crippen LogP contribution in [0, 0.1) is 20.8 Å². The van der Waals surface area contributed by atoms with E-state index in [2.05, 4.69) is 10.5 Å². The summed E-state index contributed by atoms with van der Waals surface area (Å²) in [7, 11) is -4.00. The van der Waals surface area contributed by atoms with Gasteiger partial charge >= 0.3 is 0 Å². The summed E-state index contributed by atoms with van der Waals surface area (Å²) >= 11 is 0. The molecule has 0 aliphatic rings. The van der Waals surface area contributed by atoms with Crippen LogP contribution in [0.5, 0.6) is 5.75 Å². The van der Waals surface area contributed by atoms with Gasteiger partial charge in [-0.15, -0.1) is 0 Å². The fraction of sp³-hybridized carbons (Fsp3) is 0.161. The van der Waals surface area contributed by atoms with E-state index in [1.54, 1.807) is 30.3 Å². The van der Waals surface area contributed by atoms with Crippen LogP contribution in [0.4, 0.5) is 5.69 Å². The van der Waals surface area contributed by atoms with Crippen LogP contribution < -0.4 is 14.5 Å². The van der Waals surface area contributed by atoms with E-state index in [1.165, 1.54) is 6.21 Å². The summed E-state index contributed by atoms with van der Waals surface area (Å²) in [5, 5.41) is 4.03. The second kappa shape index (κ2) is 12.4. The van der Waals surface area contributed by atoms with E-state index in [-0.39, 0.29) is 4.90 Å². The molecule has 4 aromatic carbocycles. The van der Waals surface area contributed by atoms with E-state index >= 15 is 0 Å². The van der Waals surface area contributed by atoms with Crippen molar-refractivity contribution in [2.75, 3.05) is 10.8 Å². The zero-order valence-electron chi connectivity index (χ0n) is 22.2. The van der Waals surface area contributed by atoms with Gasteiger partial charge in [0.05, 0.1) is 16.8 Å². The van der Waals surface area contributed by atoms with Crippen LogP contribution >= 0.6 is 0 Å². The number of aryl methyl sites for hydroxylation is 3. The molecule has 0 bridgehead atoms. The molecule has 0 atom stereocenters. The fourth-order valence-electron chi connectivity index (χ4n) is 3.96. The van der Waals surface area contributed by atoms with Crippen LogP contribution in [-0.4, -0.2) is 27.1 Å². The Labute approximate surface area is 229 Å². The molecule has 0 heterocycles. The van der Waals surface area contributed by atoms with Gasteiger partial charge < -0.3 is 4.74 Å². The number of carbonyl (C=O) groups is 1. The van der Waals surface area contributed by atoms with E-state index < -0.39 is 22.5 Å². The van der Waals surface area contributed by atoms with E-state index in [0.717, 1.165) is 32.1 Å². The van der Waals surface area contributed by atoms with Crippen LogP contribution in [0.2, 0.25) is 0 Å². The van der Waals surface area contributed by atoms with Gasteiger partial charge in [-0.05, 0) is 79.9 Å². The lowest BCUT2D eigenvalue weighted by Gasteiger charge is -2.25. The van der Waals surface area contributed by atoms with Crippen LogP contribution in [-0.2, 0) is 21.4 Å². The summed E-state index contributed by atoms with van der Waals surface area (Å²) in [6.45, 7) is 5.67. The number of nitrogens with zero attached hydrogens (tertiary/aromatic N) is 2. The van der Waals surface area contributed by atoms with Crippen LogP contribution in [0.25, 0.3) is 0 Å². The number of ether oxygens (including phenoxy) is 1. The molecule has 1 amide bonds. The van der Waals surface area contributed by atoms with E-state index in [1.807, 2.05) is 87.5 Å². The van der Waals surface area contributed by atoms with Gasteiger partial charge in [-0.1, -0.05) is 65.7 Å². The average Bonchev–Trinajstić information content (AvgIpc) is 2.92. The molecule has 0 aliphatic heterocycles. The smallest absolute Gasteiger partial charge is 0.264 e. The third-order valence-corrected chi connectivity index (χ3v) is 7.82. The second-order valence-corrected chi connectivity index (χ2v) is 11.1. The minimum Gasteiger partial charge on any atom is -0.489 e. The lowest BCUT2D eigenvalue weighted by Crippen LogP contribution is -2.40. The maximum absolute atomic E-state index is 13.6. The Morgan fingerprint density at radius 2 is 1.54 bits per heavy atom. The van der Waals surface area contributed by atoms with Crippen molar-refractivity contribution in [1.29, 1.82) is 0 Å². The number of anilines is 1. The largest absolute Gasteiger partial charge is 0.489 e. The first-order chi connectivity index (χ1) is 18.7. The quantitative estimate of drug-likeness (QED) is 0.211. The summed E-state index contributed by atoms with van der Waals surface area (Å²) in [6, 6.07) is 29.1. The van der Waals surface area contributed by atoms with Gasteiger partial charge in [0.2, 0.25) is 0 Å². The molecular weight excluding hydrogens is 510 g/mol. The third kappa shape index (κ3) is 7.33. The van der Waals surface area contributed by atoms with Crippen molar-refractivity contribution >= 4 is 27.8 Å². The number of rotatable bonds is 10. The molecule has 0 fully saturated rings. The van der Waals surface area contributed by atoms with E-state index in [9.17, 15) is 13.2 Å². The predicted octanol–water partition coefficient (Wildman–Crippen LogP) is 5.54. The first kappa shape index (κ1) is 27.6. The molecule has 0 unspecified atom stereocenters. The van der Waals surface area contributed by atoms with Crippen LogP contribution in [0.15, 0.2) is 107 Å². The van der Waals surface area contributed by atoms with Gasteiger partial charge in [0.15, 0.2) is 0 Å². The Bertz CT molecular complexity index is 1550. The zero-order chi connectivity index (χ0) is 27.8. The van der Waals surface area contributed by atoms with Gasteiger partial charge in [-0.3, -0.25) is 9.10 Å². The van der Waals surface area contributed by atoms with E-state index in [0.29, 0.717) is 18.0 Å². The molecule has 200 valence electrons. The van der Waals surface area contributed by atoms with Gasteiger partial charge in [-0.25, -0.2) is 13.8 Å². The zero-order valence-corrected chi connectivity index (χ0v) is 23.0. The van der Waals surface area contributed by atoms with Crippen molar-refractivity contribution in [2.45, 2.75) is 32.3 Å². The summed E-state index contributed by atoms with van der Waals surface area (Å²) in [6.07, 6.45) is 1.49. The summed E-state index contributed by atoms with van der Waals surface area (Å²) in [5.74, 6) is 0.148. The maximum Gasteiger partial charge on any atom is 0.264 e. The Morgan fingerprint density at radius 3 is 2.21 bits per heavy atom. The van der Waals surface area contributed by atoms with Gasteiger partial charge in [0.25, 0.3) is 15.9 Å². The molecule has 8 heteroatoms. The molecule has 4 rings (SSSR count). The lowest BCUT2D eigenvalue weighted by molar-refractivity contribution is -0.119.